The zero-order valence-corrected chi connectivity index (χ0v) is 24.8. The van der Waals surface area contributed by atoms with Gasteiger partial charge in [-0.3, -0.25) is 4.79 Å². The Kier molecular flexibility index (Phi) is 8.96. The highest BCUT2D eigenvalue weighted by molar-refractivity contribution is 9.10. The number of benzene rings is 3. The van der Waals surface area contributed by atoms with Gasteiger partial charge < -0.3 is 19.7 Å². The van der Waals surface area contributed by atoms with Gasteiger partial charge in [-0.15, -0.1) is 0 Å². The van der Waals surface area contributed by atoms with Crippen LogP contribution in [0.25, 0.3) is 5.57 Å². The SMILES string of the molecule is Cc1cc(Cl)c(OCCOc2ccc(C3=C(C(=O)N(Cc4ccccc4Br)C4CC4)CNCC3)cc2)cc1C. The molecule has 1 aliphatic heterocycles. The van der Waals surface area contributed by atoms with Gasteiger partial charge in [0.25, 0.3) is 5.91 Å². The molecular formula is C32H34BrClN2O3. The van der Waals surface area contributed by atoms with Crippen LogP contribution in [0.1, 0.15) is 41.5 Å². The third kappa shape index (κ3) is 6.86. The molecule has 1 fully saturated rings. The molecule has 0 atom stereocenters. The highest BCUT2D eigenvalue weighted by Gasteiger charge is 2.35. The number of hydrogen-bond acceptors (Lipinski definition) is 4. The number of rotatable bonds is 10. The van der Waals surface area contributed by atoms with Gasteiger partial charge in [0, 0.05) is 29.2 Å². The standard InChI is InChI=1S/C32H34BrClN2O3/c1-21-17-30(34)31(18-22(21)2)39-16-15-38-26-11-7-23(8-12-26)27-13-14-35-19-28(27)32(37)36(25-9-10-25)20-24-5-3-4-6-29(24)33/h3-8,11-12,17-18,25,35H,9-10,13-16,19-20H2,1-2H3. The van der Waals surface area contributed by atoms with Crippen LogP contribution in [0.2, 0.25) is 5.02 Å². The summed E-state index contributed by atoms with van der Waals surface area (Å²) >= 11 is 9.96. The van der Waals surface area contributed by atoms with Gasteiger partial charge in [0.1, 0.15) is 24.7 Å². The molecule has 1 heterocycles. The van der Waals surface area contributed by atoms with Gasteiger partial charge in [-0.25, -0.2) is 0 Å². The molecule has 3 aromatic rings. The summed E-state index contributed by atoms with van der Waals surface area (Å²) in [5.74, 6) is 1.58. The Morgan fingerprint density at radius 2 is 1.74 bits per heavy atom. The average Bonchev–Trinajstić information content (AvgIpc) is 3.79. The van der Waals surface area contributed by atoms with Crippen molar-refractivity contribution in [3.63, 3.8) is 0 Å². The van der Waals surface area contributed by atoms with Crippen molar-refractivity contribution in [1.29, 1.82) is 0 Å². The third-order valence-electron chi connectivity index (χ3n) is 7.38. The van der Waals surface area contributed by atoms with E-state index in [-0.39, 0.29) is 5.91 Å². The largest absolute Gasteiger partial charge is 0.490 e. The van der Waals surface area contributed by atoms with Crippen molar-refractivity contribution >= 4 is 39.0 Å². The molecule has 1 aliphatic carbocycles. The van der Waals surface area contributed by atoms with Crippen LogP contribution in [0.5, 0.6) is 11.5 Å². The Morgan fingerprint density at radius 3 is 2.49 bits per heavy atom. The molecule has 0 saturated heterocycles. The fourth-order valence-corrected chi connectivity index (χ4v) is 5.56. The topological polar surface area (TPSA) is 50.8 Å². The van der Waals surface area contributed by atoms with Crippen molar-refractivity contribution in [2.24, 2.45) is 0 Å². The predicted octanol–water partition coefficient (Wildman–Crippen LogP) is 7.12. The Bertz CT molecular complexity index is 1370. The van der Waals surface area contributed by atoms with E-state index in [9.17, 15) is 4.79 Å². The number of halogens is 2. The van der Waals surface area contributed by atoms with Crippen LogP contribution in [-0.4, -0.2) is 43.2 Å². The van der Waals surface area contributed by atoms with Gasteiger partial charge in [-0.2, -0.15) is 0 Å². The smallest absolute Gasteiger partial charge is 0.251 e. The van der Waals surface area contributed by atoms with E-state index in [1.165, 1.54) is 0 Å². The van der Waals surface area contributed by atoms with E-state index < -0.39 is 0 Å². The number of hydrogen-bond donors (Lipinski definition) is 1. The van der Waals surface area contributed by atoms with Gasteiger partial charge in [0.15, 0.2) is 0 Å². The highest BCUT2D eigenvalue weighted by Crippen LogP contribution is 2.34. The predicted molar refractivity (Wildman–Crippen MR) is 160 cm³/mol. The van der Waals surface area contributed by atoms with Crippen molar-refractivity contribution in [2.45, 2.75) is 45.7 Å². The minimum absolute atomic E-state index is 0.137. The van der Waals surface area contributed by atoms with Crippen molar-refractivity contribution in [1.82, 2.24) is 10.2 Å². The Hall–Kier alpha value is -2.80. The van der Waals surface area contributed by atoms with Crippen LogP contribution in [0.4, 0.5) is 0 Å². The lowest BCUT2D eigenvalue weighted by Gasteiger charge is -2.28. The minimum Gasteiger partial charge on any atom is -0.490 e. The lowest BCUT2D eigenvalue weighted by molar-refractivity contribution is -0.128. The quantitative estimate of drug-likeness (QED) is 0.249. The summed E-state index contributed by atoms with van der Waals surface area (Å²) in [6.45, 7) is 6.94. The Morgan fingerprint density at radius 1 is 1.03 bits per heavy atom. The van der Waals surface area contributed by atoms with E-state index in [0.717, 1.165) is 69.4 Å². The van der Waals surface area contributed by atoms with Crippen LogP contribution >= 0.6 is 27.5 Å². The summed E-state index contributed by atoms with van der Waals surface area (Å²) in [5.41, 5.74) is 6.48. The summed E-state index contributed by atoms with van der Waals surface area (Å²) in [6.07, 6.45) is 2.95. The molecule has 2 aliphatic rings. The van der Waals surface area contributed by atoms with Crippen LogP contribution in [0.3, 0.4) is 0 Å². The van der Waals surface area contributed by atoms with Crippen molar-refractivity contribution in [3.05, 3.63) is 98.0 Å². The second-order valence-electron chi connectivity index (χ2n) is 10.2. The number of nitrogens with zero attached hydrogens (tertiary/aromatic N) is 1. The lowest BCUT2D eigenvalue weighted by Crippen LogP contribution is -2.39. The van der Waals surface area contributed by atoms with Crippen LogP contribution in [-0.2, 0) is 11.3 Å². The minimum atomic E-state index is 0.137. The molecule has 3 aromatic carbocycles. The van der Waals surface area contributed by atoms with Crippen LogP contribution in [0.15, 0.2) is 70.7 Å². The first-order chi connectivity index (χ1) is 18.9. The van der Waals surface area contributed by atoms with E-state index in [1.807, 2.05) is 56.3 Å². The summed E-state index contributed by atoms with van der Waals surface area (Å²) in [4.78, 5) is 15.9. The van der Waals surface area contributed by atoms with Crippen molar-refractivity contribution in [3.8, 4) is 11.5 Å². The van der Waals surface area contributed by atoms with Crippen LogP contribution in [0, 0.1) is 13.8 Å². The maximum Gasteiger partial charge on any atom is 0.251 e. The number of ether oxygens (including phenoxy) is 2. The highest BCUT2D eigenvalue weighted by atomic mass is 79.9. The molecular weight excluding hydrogens is 576 g/mol. The second-order valence-corrected chi connectivity index (χ2v) is 11.5. The molecule has 1 saturated carbocycles. The van der Waals surface area contributed by atoms with Gasteiger partial charge >= 0.3 is 0 Å². The molecule has 0 radical (unpaired) electrons. The number of carbonyl (C=O) groups excluding carboxylic acids is 1. The average molecular weight is 610 g/mol. The number of nitrogens with one attached hydrogen (secondary N) is 1. The molecule has 39 heavy (non-hydrogen) atoms. The Labute approximate surface area is 244 Å². The monoisotopic (exact) mass is 608 g/mol. The van der Waals surface area contributed by atoms with E-state index in [2.05, 4.69) is 44.3 Å². The zero-order valence-electron chi connectivity index (χ0n) is 22.4. The molecule has 5 nitrogen and oxygen atoms in total. The second kappa shape index (κ2) is 12.6. The van der Waals surface area contributed by atoms with Gasteiger partial charge in [-0.1, -0.05) is 57.9 Å². The third-order valence-corrected chi connectivity index (χ3v) is 8.45. The molecule has 7 heteroatoms. The molecule has 0 bridgehead atoms. The van der Waals surface area contributed by atoms with Gasteiger partial charge in [-0.05, 0) is 97.8 Å². The van der Waals surface area contributed by atoms with E-state index >= 15 is 0 Å². The van der Waals surface area contributed by atoms with Crippen LogP contribution < -0.4 is 14.8 Å². The summed E-state index contributed by atoms with van der Waals surface area (Å²) in [5, 5.41) is 4.02. The van der Waals surface area contributed by atoms with E-state index in [4.69, 9.17) is 21.1 Å². The fourth-order valence-electron chi connectivity index (χ4n) is 4.87. The first-order valence-electron chi connectivity index (χ1n) is 13.5. The fraction of sp³-hybridized carbons (Fsp3) is 0.344. The summed E-state index contributed by atoms with van der Waals surface area (Å²) < 4.78 is 12.8. The summed E-state index contributed by atoms with van der Waals surface area (Å²) in [6, 6.07) is 20.4. The molecule has 0 aromatic heterocycles. The molecule has 5 rings (SSSR count). The zero-order chi connectivity index (χ0) is 27.4. The van der Waals surface area contributed by atoms with Crippen molar-refractivity contribution < 1.29 is 14.3 Å². The van der Waals surface area contributed by atoms with E-state index in [1.54, 1.807) is 0 Å². The number of amides is 1. The molecule has 204 valence electrons. The molecule has 1 amide bonds. The molecule has 0 spiro atoms. The maximum absolute atomic E-state index is 13.9. The first kappa shape index (κ1) is 27.8. The first-order valence-corrected chi connectivity index (χ1v) is 14.7. The van der Waals surface area contributed by atoms with Crippen molar-refractivity contribution in [2.75, 3.05) is 26.3 Å². The lowest BCUT2D eigenvalue weighted by atomic mass is 9.93. The number of aryl methyl sites for hydroxylation is 2. The molecule has 0 unspecified atom stereocenters. The van der Waals surface area contributed by atoms with E-state index in [0.29, 0.717) is 43.1 Å². The Balaban J connectivity index is 1.25. The normalized spacial score (nSPS) is 15.3. The summed E-state index contributed by atoms with van der Waals surface area (Å²) in [7, 11) is 0. The maximum atomic E-state index is 13.9. The number of carbonyl (C=O) groups is 1. The van der Waals surface area contributed by atoms with Gasteiger partial charge in [0.2, 0.25) is 0 Å². The van der Waals surface area contributed by atoms with Gasteiger partial charge in [0.05, 0.1) is 5.02 Å². The molecule has 1 N–H and O–H groups in total.